The van der Waals surface area contributed by atoms with Gasteiger partial charge in [-0.3, -0.25) is 0 Å². The van der Waals surface area contributed by atoms with Crippen LogP contribution >= 0.6 is 0 Å². The molecule has 0 amide bonds. The summed E-state index contributed by atoms with van der Waals surface area (Å²) in [6, 6.07) is 8.54. The molecule has 1 aromatic heterocycles. The van der Waals surface area contributed by atoms with Crippen molar-refractivity contribution in [1.82, 2.24) is 9.46 Å². The molecule has 0 unspecified atom stereocenters. The third-order valence-corrected chi connectivity index (χ3v) is 5.74. The maximum absolute atomic E-state index is 12.8. The Balaban J connectivity index is 1.96. The Morgan fingerprint density at radius 2 is 1.95 bits per heavy atom. The van der Waals surface area contributed by atoms with E-state index in [0.717, 1.165) is 18.4 Å². The number of rotatable bonds is 3. The second-order valence-corrected chi connectivity index (χ2v) is 7.34. The van der Waals surface area contributed by atoms with Gasteiger partial charge in [-0.25, -0.2) is 8.42 Å². The van der Waals surface area contributed by atoms with Gasteiger partial charge >= 0.3 is 0 Å². The second-order valence-electron chi connectivity index (χ2n) is 5.45. The smallest absolute Gasteiger partial charge is 0.243 e. The summed E-state index contributed by atoms with van der Waals surface area (Å²) in [6.07, 6.45) is 1.61. The van der Waals surface area contributed by atoms with Crippen LogP contribution in [0.2, 0.25) is 0 Å². The lowest BCUT2D eigenvalue weighted by atomic mass is 10.1. The molecule has 0 spiro atoms. The predicted octanol–water partition coefficient (Wildman–Crippen LogP) is 2.82. The lowest BCUT2D eigenvalue weighted by molar-refractivity contribution is 0.349. The fourth-order valence-corrected chi connectivity index (χ4v) is 4.38. The highest BCUT2D eigenvalue weighted by atomic mass is 32.2. The van der Waals surface area contributed by atoms with Crippen LogP contribution in [0.3, 0.4) is 0 Å². The Bertz CT molecular complexity index is 735. The molecule has 0 saturated carbocycles. The molecule has 0 aliphatic carbocycles. The molecule has 2 heterocycles. The van der Waals surface area contributed by atoms with Crippen molar-refractivity contribution in [3.63, 3.8) is 0 Å². The Morgan fingerprint density at radius 3 is 2.57 bits per heavy atom. The number of hydrogen-bond donors (Lipinski definition) is 0. The number of sulfonamides is 1. The third-order valence-electron chi connectivity index (χ3n) is 3.82. The van der Waals surface area contributed by atoms with E-state index in [2.05, 4.69) is 5.16 Å². The number of nitrogens with zero attached hydrogens (tertiary/aromatic N) is 2. The van der Waals surface area contributed by atoms with Crippen LogP contribution in [-0.2, 0) is 10.0 Å². The lowest BCUT2D eigenvalue weighted by Crippen LogP contribution is -2.30. The molecule has 0 radical (unpaired) electrons. The summed E-state index contributed by atoms with van der Waals surface area (Å²) < 4.78 is 32.2. The van der Waals surface area contributed by atoms with Crippen molar-refractivity contribution in [2.24, 2.45) is 0 Å². The number of aromatic nitrogens is 1. The van der Waals surface area contributed by atoms with Gasteiger partial charge in [-0.15, -0.1) is 0 Å². The van der Waals surface area contributed by atoms with Gasteiger partial charge in [0.2, 0.25) is 10.0 Å². The van der Waals surface area contributed by atoms with E-state index in [1.54, 1.807) is 12.1 Å². The summed E-state index contributed by atoms with van der Waals surface area (Å²) in [4.78, 5) is 0.334. The van der Waals surface area contributed by atoms with Crippen LogP contribution < -0.4 is 0 Å². The highest BCUT2D eigenvalue weighted by molar-refractivity contribution is 7.89. The van der Waals surface area contributed by atoms with E-state index >= 15 is 0 Å². The van der Waals surface area contributed by atoms with Gasteiger partial charge in [-0.05, 0) is 38.8 Å². The molecule has 0 N–H and O–H groups in total. The molecule has 1 aliphatic rings. The molecule has 2 aromatic rings. The maximum Gasteiger partial charge on any atom is 0.243 e. The van der Waals surface area contributed by atoms with E-state index in [-0.39, 0.29) is 6.04 Å². The van der Waals surface area contributed by atoms with Crippen molar-refractivity contribution in [3.05, 3.63) is 47.3 Å². The highest BCUT2D eigenvalue weighted by Gasteiger charge is 2.37. The van der Waals surface area contributed by atoms with Crippen LogP contribution in [0.1, 0.15) is 35.9 Å². The first-order valence-corrected chi connectivity index (χ1v) is 8.44. The summed E-state index contributed by atoms with van der Waals surface area (Å²) in [5.41, 5.74) is 1.74. The number of aryl methyl sites for hydroxylation is 2. The first kappa shape index (κ1) is 14.3. The normalized spacial score (nSPS) is 20.0. The molecule has 1 fully saturated rings. The van der Waals surface area contributed by atoms with E-state index in [1.165, 1.54) is 4.31 Å². The molecular weight excluding hydrogens is 288 g/mol. The molecular formula is C15H18N2O3S. The van der Waals surface area contributed by atoms with Crippen LogP contribution in [0.15, 0.2) is 39.8 Å². The van der Waals surface area contributed by atoms with Crippen LogP contribution in [0.25, 0.3) is 0 Å². The summed E-state index contributed by atoms with van der Waals surface area (Å²) in [5, 5.41) is 3.99. The topological polar surface area (TPSA) is 63.4 Å². The maximum atomic E-state index is 12.8. The summed E-state index contributed by atoms with van der Waals surface area (Å²) in [7, 11) is -3.49. The molecule has 5 nitrogen and oxygen atoms in total. The molecule has 3 rings (SSSR count). The summed E-state index contributed by atoms with van der Waals surface area (Å²) in [6.45, 7) is 4.27. The average Bonchev–Trinajstić information content (AvgIpc) is 3.07. The zero-order chi connectivity index (χ0) is 15.0. The van der Waals surface area contributed by atoms with Gasteiger partial charge in [0, 0.05) is 12.6 Å². The molecule has 6 heteroatoms. The van der Waals surface area contributed by atoms with E-state index < -0.39 is 10.0 Å². The Kier molecular flexibility index (Phi) is 3.59. The van der Waals surface area contributed by atoms with Gasteiger partial charge in [0.25, 0.3) is 0 Å². The van der Waals surface area contributed by atoms with Gasteiger partial charge in [-0.1, -0.05) is 22.9 Å². The monoisotopic (exact) mass is 306 g/mol. The van der Waals surface area contributed by atoms with Crippen LogP contribution in [0.5, 0.6) is 0 Å². The van der Waals surface area contributed by atoms with Gasteiger partial charge in [0.05, 0.1) is 10.9 Å². The van der Waals surface area contributed by atoms with E-state index in [9.17, 15) is 8.42 Å². The minimum Gasteiger partial charge on any atom is -0.361 e. The molecule has 21 heavy (non-hydrogen) atoms. The van der Waals surface area contributed by atoms with Crippen LogP contribution in [0, 0.1) is 13.8 Å². The minimum atomic E-state index is -3.49. The largest absolute Gasteiger partial charge is 0.361 e. The molecule has 1 aromatic carbocycles. The summed E-state index contributed by atoms with van der Waals surface area (Å²) in [5.74, 6) is 0.699. The predicted molar refractivity (Wildman–Crippen MR) is 78.3 cm³/mol. The third kappa shape index (κ3) is 2.61. The molecule has 1 saturated heterocycles. The van der Waals surface area contributed by atoms with Gasteiger partial charge in [0.15, 0.2) is 0 Å². The molecule has 0 bridgehead atoms. The van der Waals surface area contributed by atoms with Gasteiger partial charge < -0.3 is 4.52 Å². The zero-order valence-corrected chi connectivity index (χ0v) is 12.9. The van der Waals surface area contributed by atoms with E-state index in [4.69, 9.17) is 4.52 Å². The van der Waals surface area contributed by atoms with Gasteiger partial charge in [-0.2, -0.15) is 4.31 Å². The van der Waals surface area contributed by atoms with E-state index in [1.807, 2.05) is 32.0 Å². The molecule has 1 aliphatic heterocycles. The van der Waals surface area contributed by atoms with Gasteiger partial charge in [0.1, 0.15) is 11.5 Å². The fraction of sp³-hybridized carbons (Fsp3) is 0.400. The number of hydrogen-bond acceptors (Lipinski definition) is 4. The quantitative estimate of drug-likeness (QED) is 0.874. The zero-order valence-electron chi connectivity index (χ0n) is 12.1. The van der Waals surface area contributed by atoms with Crippen LogP contribution in [0.4, 0.5) is 0 Å². The summed E-state index contributed by atoms with van der Waals surface area (Å²) >= 11 is 0. The second kappa shape index (κ2) is 5.27. The highest BCUT2D eigenvalue weighted by Crippen LogP contribution is 2.36. The van der Waals surface area contributed by atoms with Crippen molar-refractivity contribution in [1.29, 1.82) is 0 Å². The van der Waals surface area contributed by atoms with Crippen molar-refractivity contribution in [2.75, 3.05) is 6.54 Å². The fourth-order valence-electron chi connectivity index (χ4n) is 2.71. The Hall–Kier alpha value is -1.66. The van der Waals surface area contributed by atoms with Crippen molar-refractivity contribution in [3.8, 4) is 0 Å². The van der Waals surface area contributed by atoms with Crippen molar-refractivity contribution >= 4 is 10.0 Å². The first-order valence-electron chi connectivity index (χ1n) is 7.00. The minimum absolute atomic E-state index is 0.228. The Labute approximate surface area is 124 Å². The lowest BCUT2D eigenvalue weighted by Gasteiger charge is -2.22. The van der Waals surface area contributed by atoms with Crippen molar-refractivity contribution < 1.29 is 12.9 Å². The number of benzene rings is 1. The first-order chi connectivity index (χ1) is 9.98. The SMILES string of the molecule is Cc1ccc(S(=O)(=O)N2CCC[C@@H]2c2cc(C)on2)cc1. The van der Waals surface area contributed by atoms with E-state index in [0.29, 0.717) is 22.9 Å². The molecule has 1 atom stereocenters. The standard InChI is InChI=1S/C15H18N2O3S/c1-11-5-7-13(8-6-11)21(18,19)17-9-3-4-15(17)14-10-12(2)20-16-14/h5-8,10,15H,3-4,9H2,1-2H3/t15-/m1/s1. The van der Waals surface area contributed by atoms with Crippen LogP contribution in [-0.4, -0.2) is 24.4 Å². The average molecular weight is 306 g/mol. The molecule has 112 valence electrons. The van der Waals surface area contributed by atoms with Crippen molar-refractivity contribution in [2.45, 2.75) is 37.6 Å². The Morgan fingerprint density at radius 1 is 1.24 bits per heavy atom.